The zero-order chi connectivity index (χ0) is 50.8. The molecule has 0 N–H and O–H groups in total. The van der Waals surface area contributed by atoms with Crippen molar-refractivity contribution in [1.82, 2.24) is 8.75 Å². The molecule has 0 fully saturated rings. The second-order valence-corrected chi connectivity index (χ2v) is 20.6. The Hall–Kier alpha value is -3.26. The molecule has 70 heavy (non-hydrogen) atoms. The number of nitrogens with zero attached hydrogens (tertiary/aromatic N) is 3. The second kappa shape index (κ2) is 42.3. The molecule has 13 nitrogen and oxygen atoms in total. The van der Waals surface area contributed by atoms with E-state index in [1.807, 2.05) is 14.0 Å². The molecule has 1 aliphatic heterocycles. The van der Waals surface area contributed by atoms with E-state index >= 15 is 0 Å². The number of unbranched alkanes of at least 4 members (excludes halogenated alkanes) is 27. The molecule has 0 radical (unpaired) electrons. The molecule has 0 aliphatic carbocycles. The first-order valence-electron chi connectivity index (χ1n) is 28.4. The number of quaternary nitrogens is 1. The van der Waals surface area contributed by atoms with E-state index in [4.69, 9.17) is 28.4 Å². The number of hydrogen-bond acceptors (Lipinski definition) is 13. The van der Waals surface area contributed by atoms with Crippen LogP contribution < -0.4 is 4.74 Å². The number of aromatic nitrogens is 2. The summed E-state index contributed by atoms with van der Waals surface area (Å²) in [6, 6.07) is 0. The maximum Gasteiger partial charge on any atom is 0.512 e. The van der Waals surface area contributed by atoms with Gasteiger partial charge in [0.15, 0.2) is 6.10 Å². The number of rotatable bonds is 46. The molecule has 2 heterocycles. The van der Waals surface area contributed by atoms with E-state index in [0.717, 1.165) is 93.7 Å². The molecule has 2 atom stereocenters. The summed E-state index contributed by atoms with van der Waals surface area (Å²) in [5.74, 6) is -0.726. The molecule has 2 rings (SSSR count). The van der Waals surface area contributed by atoms with E-state index in [0.29, 0.717) is 23.5 Å². The smallest absolute Gasteiger partial charge is 0.475 e. The van der Waals surface area contributed by atoms with Crippen molar-refractivity contribution < 1.29 is 52.1 Å². The van der Waals surface area contributed by atoms with Crippen molar-refractivity contribution in [1.29, 1.82) is 0 Å². The van der Waals surface area contributed by atoms with Crippen LogP contribution in [0.25, 0.3) is 5.57 Å². The summed E-state index contributed by atoms with van der Waals surface area (Å²) >= 11 is 1.13. The largest absolute Gasteiger partial charge is 0.512 e. The van der Waals surface area contributed by atoms with Gasteiger partial charge in [0, 0.05) is 38.2 Å². The molecule has 0 bridgehead atoms. The monoisotopic (exact) mass is 1010 g/mol. The highest BCUT2D eigenvalue weighted by Gasteiger charge is 2.37. The molecule has 404 valence electrons. The average molecular weight is 1010 g/mol. The predicted octanol–water partition coefficient (Wildman–Crippen LogP) is 15.0. The van der Waals surface area contributed by atoms with Crippen molar-refractivity contribution in [2.45, 2.75) is 265 Å². The SMILES string of the molecule is CCCCCCCCCCCCCCCC(=O)OCC(COC(=O)CCCCCCCCCCCCCCC)OC(=O)CCCOC(=O)O[C@H](C)[N+]1(C)CCC=C(c2nsnc2OCCCCCC)C1. The molecule has 0 spiro atoms. The minimum Gasteiger partial charge on any atom is -0.475 e. The normalized spacial score (nSPS) is 15.1. The van der Waals surface area contributed by atoms with E-state index in [-0.39, 0.29) is 57.4 Å². The van der Waals surface area contributed by atoms with Crippen molar-refractivity contribution in [2.75, 3.05) is 46.6 Å². The van der Waals surface area contributed by atoms with Crippen molar-refractivity contribution in [3.63, 3.8) is 0 Å². The van der Waals surface area contributed by atoms with Crippen LogP contribution in [-0.2, 0) is 38.1 Å². The molecule has 0 aromatic carbocycles. The predicted molar refractivity (Wildman–Crippen MR) is 282 cm³/mol. The molecule has 1 unspecified atom stereocenters. The molecular weight excluding hydrogens is 907 g/mol. The maximum atomic E-state index is 13.0. The van der Waals surface area contributed by atoms with Crippen LogP contribution in [0.15, 0.2) is 6.08 Å². The summed E-state index contributed by atoms with van der Waals surface area (Å²) in [6.45, 7) is 10.0. The molecule has 1 aliphatic rings. The van der Waals surface area contributed by atoms with E-state index < -0.39 is 24.5 Å². The van der Waals surface area contributed by atoms with Crippen molar-refractivity contribution in [2.24, 2.45) is 0 Å². The Morgan fingerprint density at radius 1 is 0.543 bits per heavy atom. The lowest BCUT2D eigenvalue weighted by molar-refractivity contribution is -0.944. The number of carbonyl (C=O) groups is 4. The summed E-state index contributed by atoms with van der Waals surface area (Å²) in [5.41, 5.74) is 1.76. The van der Waals surface area contributed by atoms with Crippen molar-refractivity contribution in [3.8, 4) is 5.88 Å². The van der Waals surface area contributed by atoms with Crippen LogP contribution in [0.5, 0.6) is 5.88 Å². The number of likely N-dealkylation sites (N-methyl/N-ethyl adjacent to an activating group) is 1. The lowest BCUT2D eigenvalue weighted by Gasteiger charge is -2.41. The van der Waals surface area contributed by atoms with E-state index in [1.54, 1.807) is 0 Å². The van der Waals surface area contributed by atoms with Gasteiger partial charge in [-0.15, -0.1) is 4.37 Å². The summed E-state index contributed by atoms with van der Waals surface area (Å²) in [6.07, 6.45) is 37.5. The van der Waals surface area contributed by atoms with Crippen LogP contribution >= 0.6 is 11.7 Å². The minimum atomic E-state index is -0.938. The Labute approximate surface area is 429 Å². The van der Waals surface area contributed by atoms with Crippen molar-refractivity contribution >= 4 is 41.4 Å². The van der Waals surface area contributed by atoms with Crippen LogP contribution in [0.1, 0.15) is 258 Å². The van der Waals surface area contributed by atoms with Crippen LogP contribution in [0.4, 0.5) is 4.79 Å². The first-order valence-corrected chi connectivity index (χ1v) is 29.2. The fourth-order valence-electron chi connectivity index (χ4n) is 8.84. The van der Waals surface area contributed by atoms with Gasteiger partial charge in [-0.3, -0.25) is 18.9 Å². The fourth-order valence-corrected chi connectivity index (χ4v) is 9.37. The van der Waals surface area contributed by atoms with Crippen LogP contribution in [0, 0.1) is 0 Å². The van der Waals surface area contributed by atoms with Crippen LogP contribution in [0.2, 0.25) is 0 Å². The van der Waals surface area contributed by atoms with Gasteiger partial charge < -0.3 is 28.4 Å². The molecule has 0 saturated carbocycles. The molecule has 14 heteroatoms. The summed E-state index contributed by atoms with van der Waals surface area (Å²) in [7, 11) is 2.04. The third-order valence-corrected chi connectivity index (χ3v) is 14.1. The van der Waals surface area contributed by atoms with Gasteiger partial charge in [0.1, 0.15) is 25.5 Å². The highest BCUT2D eigenvalue weighted by atomic mass is 32.1. The highest BCUT2D eigenvalue weighted by Crippen LogP contribution is 2.32. The van der Waals surface area contributed by atoms with Crippen LogP contribution in [0.3, 0.4) is 0 Å². The first kappa shape index (κ1) is 62.9. The van der Waals surface area contributed by atoms with Gasteiger partial charge in [0.2, 0.25) is 6.23 Å². The number of esters is 3. The van der Waals surface area contributed by atoms with Gasteiger partial charge >= 0.3 is 24.1 Å². The number of hydrogen-bond donors (Lipinski definition) is 0. The standard InChI is InChI=1S/C56H100N3O10S/c1-6-9-12-15-17-19-21-23-25-27-29-31-33-39-51(60)66-46-50(47-67-52(61)40-34-32-30-28-26-24-22-20-18-16-13-10-7-2)69-53(62)41-37-44-65-56(63)68-48(4)59(5)42-36-38-49(45-59)54-55(58-70-57-54)64-43-35-14-11-8-3/h38,48,50H,6-37,39-47H2,1-5H3/q+1/t48-,59?/m1/s1. The molecule has 0 saturated heterocycles. The topological polar surface area (TPSA) is 149 Å². The lowest BCUT2D eigenvalue weighted by atomic mass is 10.0. The van der Waals surface area contributed by atoms with Crippen molar-refractivity contribution in [3.05, 3.63) is 11.8 Å². The molecule has 0 amide bonds. The number of carbonyl (C=O) groups excluding carboxylic acids is 4. The number of ether oxygens (including phenoxy) is 6. The Bertz CT molecular complexity index is 1480. The zero-order valence-corrected chi connectivity index (χ0v) is 45.9. The van der Waals surface area contributed by atoms with E-state index in [2.05, 4.69) is 35.6 Å². The van der Waals surface area contributed by atoms with Gasteiger partial charge in [0.25, 0.3) is 5.88 Å². The zero-order valence-electron chi connectivity index (χ0n) is 45.1. The molecular formula is C56H100N3O10S+. The Balaban J connectivity index is 1.74. The average Bonchev–Trinajstić information content (AvgIpc) is 3.82. The van der Waals surface area contributed by atoms with E-state index in [1.165, 1.54) is 135 Å². The Morgan fingerprint density at radius 3 is 1.47 bits per heavy atom. The van der Waals surface area contributed by atoms with Gasteiger partial charge in [-0.25, -0.2) is 4.79 Å². The third kappa shape index (κ3) is 31.9. The lowest BCUT2D eigenvalue weighted by Crippen LogP contribution is -2.55. The van der Waals surface area contributed by atoms with Crippen LogP contribution in [-0.4, -0.2) is 96.2 Å². The summed E-state index contributed by atoms with van der Waals surface area (Å²) < 4.78 is 43.2. The minimum absolute atomic E-state index is 0.0497. The molecule has 1 aromatic heterocycles. The molecule has 1 aromatic rings. The van der Waals surface area contributed by atoms with Gasteiger partial charge in [-0.05, 0) is 25.7 Å². The fraction of sp³-hybridized carbons (Fsp3) is 0.857. The van der Waals surface area contributed by atoms with E-state index in [9.17, 15) is 19.2 Å². The quantitative estimate of drug-likeness (QED) is 0.0265. The Morgan fingerprint density at radius 2 is 0.986 bits per heavy atom. The highest BCUT2D eigenvalue weighted by molar-refractivity contribution is 6.99. The second-order valence-electron chi connectivity index (χ2n) is 20.1. The van der Waals surface area contributed by atoms with Gasteiger partial charge in [-0.1, -0.05) is 200 Å². The maximum absolute atomic E-state index is 13.0. The third-order valence-electron chi connectivity index (χ3n) is 13.6. The first-order chi connectivity index (χ1) is 34.1. The summed E-state index contributed by atoms with van der Waals surface area (Å²) in [5, 5.41) is 0. The Kier molecular flexibility index (Phi) is 38.0. The summed E-state index contributed by atoms with van der Waals surface area (Å²) in [4.78, 5) is 51.2. The van der Waals surface area contributed by atoms with Gasteiger partial charge in [0.05, 0.1) is 38.5 Å². The van der Waals surface area contributed by atoms with Gasteiger partial charge in [-0.2, -0.15) is 4.37 Å².